The van der Waals surface area contributed by atoms with Gasteiger partial charge in [0.15, 0.2) is 0 Å². The molecule has 0 fully saturated rings. The van der Waals surface area contributed by atoms with Crippen LogP contribution >= 0.6 is 19.8 Å². The molecule has 4 atom stereocenters. The molecular formula is C26H52O6PS+. The highest BCUT2D eigenvalue weighted by Gasteiger charge is 2.61. The summed E-state index contributed by atoms with van der Waals surface area (Å²) in [5.41, 5.74) is -2.82. The lowest BCUT2D eigenvalue weighted by atomic mass is 10.1. The Balaban J connectivity index is 4.60. The molecule has 0 saturated carbocycles. The van der Waals surface area contributed by atoms with Crippen molar-refractivity contribution in [2.45, 2.75) is 147 Å². The summed E-state index contributed by atoms with van der Waals surface area (Å²) >= 11 is 1.78. The number of hydrogen-bond acceptors (Lipinski definition) is 6. The lowest BCUT2D eigenvalue weighted by Crippen LogP contribution is -2.43. The summed E-state index contributed by atoms with van der Waals surface area (Å²) in [6.45, 7) is 8.12. The van der Waals surface area contributed by atoms with E-state index in [9.17, 15) is 19.6 Å². The van der Waals surface area contributed by atoms with Crippen LogP contribution in [0.2, 0.25) is 0 Å². The van der Waals surface area contributed by atoms with Gasteiger partial charge in [-0.05, 0) is 36.5 Å². The zero-order chi connectivity index (χ0) is 25.7. The van der Waals surface area contributed by atoms with Crippen LogP contribution < -0.4 is 0 Å². The quantitative estimate of drug-likeness (QED) is 0.0706. The molecule has 4 unspecified atom stereocenters. The Hall–Kier alpha value is -0.200. The van der Waals surface area contributed by atoms with E-state index < -0.39 is 25.6 Å². The average molecular weight is 524 g/mol. The number of aliphatic hydroxyl groups is 1. The maximum Gasteiger partial charge on any atom is 0.589 e. The molecule has 0 aliphatic heterocycles. The number of ether oxygens (including phenoxy) is 1. The van der Waals surface area contributed by atoms with Crippen LogP contribution in [0, 0.1) is 0 Å². The predicted octanol–water partition coefficient (Wildman–Crippen LogP) is 8.28. The first-order valence-corrected chi connectivity index (χ1v) is 15.9. The molecule has 2 N–H and O–H groups in total. The van der Waals surface area contributed by atoms with Crippen LogP contribution in [0.25, 0.3) is 0 Å². The molecule has 0 aromatic rings. The van der Waals surface area contributed by atoms with E-state index in [4.69, 9.17) is 9.26 Å². The highest BCUT2D eigenvalue weighted by atomic mass is 32.2. The van der Waals surface area contributed by atoms with Crippen LogP contribution in [0.3, 0.4) is 0 Å². The fourth-order valence-corrected chi connectivity index (χ4v) is 6.08. The third-order valence-corrected chi connectivity index (χ3v) is 8.76. The second-order valence-electron chi connectivity index (χ2n) is 9.27. The number of hydrogen-bond donors (Lipinski definition) is 2. The molecule has 34 heavy (non-hydrogen) atoms. The summed E-state index contributed by atoms with van der Waals surface area (Å²) in [4.78, 5) is 11.7. The minimum Gasteiger partial charge on any atom is -0.474 e. The Morgan fingerprint density at radius 2 is 1.35 bits per heavy atom. The van der Waals surface area contributed by atoms with Crippen LogP contribution in [-0.4, -0.2) is 45.4 Å². The molecular weight excluding hydrogens is 471 g/mol. The Morgan fingerprint density at radius 1 is 0.853 bits per heavy atom. The number of thioether (sulfide) groups is 1. The zero-order valence-electron chi connectivity index (χ0n) is 22.3. The standard InChI is InChI=1S/C26H51O6PS/c1-5-8-10-12-13-14-15-16-17-19-22-34-24(20-18-11-9-6-2)23(4)32-26(29,25(27)28)33(30)31-21-7-3/h23-24,29H,5-22H2,1-4H3/p+1. The molecule has 0 bridgehead atoms. The first-order chi connectivity index (χ1) is 16.3. The second kappa shape index (κ2) is 22.0. The van der Waals surface area contributed by atoms with E-state index >= 15 is 0 Å². The van der Waals surface area contributed by atoms with Crippen molar-refractivity contribution in [1.29, 1.82) is 0 Å². The fourth-order valence-electron chi connectivity index (χ4n) is 3.82. The van der Waals surface area contributed by atoms with Gasteiger partial charge in [0, 0.05) is 5.25 Å². The Bertz CT molecular complexity index is 522. The molecule has 0 aromatic carbocycles. The van der Waals surface area contributed by atoms with E-state index in [1.165, 1.54) is 64.2 Å². The van der Waals surface area contributed by atoms with Gasteiger partial charge < -0.3 is 10.2 Å². The number of carboxylic acid groups (broad SMARTS) is 1. The van der Waals surface area contributed by atoms with Gasteiger partial charge in [-0.1, -0.05) is 104 Å². The van der Waals surface area contributed by atoms with Crippen molar-refractivity contribution in [2.24, 2.45) is 0 Å². The van der Waals surface area contributed by atoms with Crippen molar-refractivity contribution >= 4 is 25.8 Å². The minimum atomic E-state index is -2.90. The molecule has 0 rings (SSSR count). The van der Waals surface area contributed by atoms with E-state index in [1.54, 1.807) is 18.7 Å². The number of aliphatic carboxylic acids is 1. The molecule has 202 valence electrons. The lowest BCUT2D eigenvalue weighted by molar-refractivity contribution is -0.203. The summed E-state index contributed by atoms with van der Waals surface area (Å²) in [7, 11) is -2.90. The third kappa shape index (κ3) is 15.7. The van der Waals surface area contributed by atoms with Gasteiger partial charge in [-0.15, -0.1) is 4.52 Å². The fraction of sp³-hybridized carbons (Fsp3) is 0.962. The molecule has 0 heterocycles. The van der Waals surface area contributed by atoms with Crippen molar-refractivity contribution in [1.82, 2.24) is 0 Å². The number of carbonyl (C=O) groups is 1. The predicted molar refractivity (Wildman–Crippen MR) is 144 cm³/mol. The Kier molecular flexibility index (Phi) is 21.9. The summed E-state index contributed by atoms with van der Waals surface area (Å²) in [6.07, 6.45) is 18.3. The smallest absolute Gasteiger partial charge is 0.474 e. The zero-order valence-corrected chi connectivity index (χ0v) is 24.0. The lowest BCUT2D eigenvalue weighted by Gasteiger charge is -2.26. The van der Waals surface area contributed by atoms with E-state index in [2.05, 4.69) is 13.8 Å². The molecule has 0 amide bonds. The molecule has 0 aliphatic rings. The number of rotatable bonds is 25. The van der Waals surface area contributed by atoms with Crippen molar-refractivity contribution in [3.63, 3.8) is 0 Å². The molecule has 0 saturated heterocycles. The topological polar surface area (TPSA) is 93.1 Å². The average Bonchev–Trinajstić information content (AvgIpc) is 2.81. The molecule has 0 radical (unpaired) electrons. The van der Waals surface area contributed by atoms with E-state index in [-0.39, 0.29) is 11.9 Å². The van der Waals surface area contributed by atoms with Gasteiger partial charge >= 0.3 is 19.5 Å². The maximum atomic E-state index is 12.3. The van der Waals surface area contributed by atoms with Gasteiger partial charge in [0.25, 0.3) is 0 Å². The van der Waals surface area contributed by atoms with Gasteiger partial charge in [0.1, 0.15) is 6.61 Å². The largest absolute Gasteiger partial charge is 0.589 e. The van der Waals surface area contributed by atoms with Crippen LogP contribution in [0.4, 0.5) is 0 Å². The molecule has 0 aliphatic carbocycles. The Morgan fingerprint density at radius 3 is 1.85 bits per heavy atom. The highest BCUT2D eigenvalue weighted by molar-refractivity contribution is 7.99. The maximum absolute atomic E-state index is 12.3. The third-order valence-electron chi connectivity index (χ3n) is 5.98. The highest BCUT2D eigenvalue weighted by Crippen LogP contribution is 2.42. The van der Waals surface area contributed by atoms with E-state index in [1.807, 2.05) is 6.92 Å². The van der Waals surface area contributed by atoms with Crippen LogP contribution in [-0.2, 0) is 18.6 Å². The van der Waals surface area contributed by atoms with Crippen molar-refractivity contribution < 1.29 is 28.8 Å². The van der Waals surface area contributed by atoms with Gasteiger partial charge in [-0.25, -0.2) is 4.79 Å². The van der Waals surface area contributed by atoms with Crippen molar-refractivity contribution in [3.8, 4) is 0 Å². The molecule has 0 spiro atoms. The van der Waals surface area contributed by atoms with Crippen molar-refractivity contribution in [2.75, 3.05) is 12.4 Å². The van der Waals surface area contributed by atoms with Crippen LogP contribution in [0.15, 0.2) is 0 Å². The number of unbranched alkanes of at least 4 members (excludes halogenated alkanes) is 12. The van der Waals surface area contributed by atoms with Gasteiger partial charge in [-0.3, -0.25) is 4.74 Å². The molecule has 0 aromatic heterocycles. The normalized spacial score (nSPS) is 15.6. The molecule has 8 heteroatoms. The SMILES string of the molecule is CCCCCCCCCCCCSC(CCCCCC)C(C)OC(O)(C(=O)O)[P+](=O)OCCC. The van der Waals surface area contributed by atoms with Crippen LogP contribution in [0.5, 0.6) is 0 Å². The van der Waals surface area contributed by atoms with E-state index in [0.717, 1.165) is 37.9 Å². The van der Waals surface area contributed by atoms with Gasteiger partial charge in [0.05, 0.1) is 6.10 Å². The number of carboxylic acids is 1. The van der Waals surface area contributed by atoms with Gasteiger partial charge in [0.2, 0.25) is 0 Å². The molecule has 6 nitrogen and oxygen atoms in total. The first kappa shape index (κ1) is 33.8. The van der Waals surface area contributed by atoms with Gasteiger partial charge in [-0.2, -0.15) is 11.8 Å². The summed E-state index contributed by atoms with van der Waals surface area (Å²) in [6, 6.07) is 0. The first-order valence-electron chi connectivity index (χ1n) is 13.7. The minimum absolute atomic E-state index is 0.0378. The van der Waals surface area contributed by atoms with Crippen LogP contribution in [0.1, 0.15) is 130 Å². The van der Waals surface area contributed by atoms with E-state index in [0.29, 0.717) is 6.42 Å². The Labute approximate surface area is 214 Å². The monoisotopic (exact) mass is 523 g/mol. The summed E-state index contributed by atoms with van der Waals surface area (Å²) < 4.78 is 22.9. The van der Waals surface area contributed by atoms with Crippen molar-refractivity contribution in [3.05, 3.63) is 0 Å². The second-order valence-corrected chi connectivity index (χ2v) is 12.0. The summed E-state index contributed by atoms with van der Waals surface area (Å²) in [5.74, 6) is -0.687. The summed E-state index contributed by atoms with van der Waals surface area (Å²) in [5, 5.41) is 20.1.